The van der Waals surface area contributed by atoms with E-state index in [1.807, 2.05) is 5.32 Å². The summed E-state index contributed by atoms with van der Waals surface area (Å²) in [6.07, 6.45) is -3.62. The summed E-state index contributed by atoms with van der Waals surface area (Å²) in [4.78, 5) is 24.2. The number of nitrogens with one attached hydrogen (secondary N) is 2. The van der Waals surface area contributed by atoms with Gasteiger partial charge in [0.1, 0.15) is 5.82 Å². The molecular formula is C19H11ClF4N2O3. The lowest BCUT2D eigenvalue weighted by molar-refractivity contribution is -0.136. The highest BCUT2D eigenvalue weighted by atomic mass is 35.5. The Morgan fingerprint density at radius 2 is 1.72 bits per heavy atom. The van der Waals surface area contributed by atoms with Gasteiger partial charge >= 0.3 is 6.18 Å². The zero-order valence-electron chi connectivity index (χ0n) is 14.3. The molecule has 29 heavy (non-hydrogen) atoms. The molecule has 2 N–H and O–H groups in total. The number of halogens is 5. The van der Waals surface area contributed by atoms with Crippen LogP contribution in [0, 0.1) is 5.82 Å². The van der Waals surface area contributed by atoms with Crippen LogP contribution in [-0.4, -0.2) is 11.8 Å². The molecule has 3 rings (SSSR count). The fraction of sp³-hybridized carbons (Fsp3) is 0.0526. The van der Waals surface area contributed by atoms with Crippen LogP contribution in [0.15, 0.2) is 59.2 Å². The van der Waals surface area contributed by atoms with Gasteiger partial charge in [0.15, 0.2) is 5.76 Å². The van der Waals surface area contributed by atoms with E-state index >= 15 is 0 Å². The lowest BCUT2D eigenvalue weighted by Gasteiger charge is -2.16. The molecule has 10 heteroatoms. The van der Waals surface area contributed by atoms with Crippen molar-refractivity contribution in [2.24, 2.45) is 0 Å². The fourth-order valence-corrected chi connectivity index (χ4v) is 2.60. The van der Waals surface area contributed by atoms with Gasteiger partial charge in [0.05, 0.1) is 23.1 Å². The van der Waals surface area contributed by atoms with Crippen molar-refractivity contribution in [2.75, 3.05) is 10.6 Å². The molecule has 2 amide bonds. The van der Waals surface area contributed by atoms with Crippen LogP contribution in [0.25, 0.3) is 0 Å². The van der Waals surface area contributed by atoms with Crippen molar-refractivity contribution in [2.45, 2.75) is 6.18 Å². The molecule has 0 saturated heterocycles. The minimum absolute atomic E-state index is 0.0450. The molecule has 0 spiro atoms. The van der Waals surface area contributed by atoms with E-state index in [0.29, 0.717) is 6.07 Å². The van der Waals surface area contributed by atoms with Gasteiger partial charge < -0.3 is 15.1 Å². The largest absolute Gasteiger partial charge is 0.459 e. The molecule has 0 radical (unpaired) electrons. The van der Waals surface area contributed by atoms with Crippen LogP contribution in [0.2, 0.25) is 5.02 Å². The molecule has 0 unspecified atom stereocenters. The van der Waals surface area contributed by atoms with Gasteiger partial charge in [0.25, 0.3) is 11.8 Å². The average molecular weight is 427 g/mol. The third-order valence-corrected chi connectivity index (χ3v) is 3.98. The summed E-state index contributed by atoms with van der Waals surface area (Å²) in [5, 5.41) is 4.33. The summed E-state index contributed by atoms with van der Waals surface area (Å²) in [5.74, 6) is -2.89. The molecule has 0 aliphatic rings. The van der Waals surface area contributed by atoms with Crippen LogP contribution in [0.4, 0.5) is 28.9 Å². The maximum absolute atomic E-state index is 13.8. The normalized spacial score (nSPS) is 11.2. The average Bonchev–Trinajstić information content (AvgIpc) is 3.19. The molecule has 1 heterocycles. The zero-order valence-corrected chi connectivity index (χ0v) is 15.1. The highest BCUT2D eigenvalue weighted by molar-refractivity contribution is 6.31. The van der Waals surface area contributed by atoms with E-state index < -0.39 is 40.6 Å². The number of furan rings is 1. The zero-order chi connectivity index (χ0) is 21.2. The van der Waals surface area contributed by atoms with Crippen molar-refractivity contribution in [3.05, 3.63) is 82.5 Å². The predicted molar refractivity (Wildman–Crippen MR) is 97.5 cm³/mol. The Morgan fingerprint density at radius 1 is 0.966 bits per heavy atom. The molecule has 1 aromatic heterocycles. The summed E-state index contributed by atoms with van der Waals surface area (Å²) < 4.78 is 59.0. The summed E-state index contributed by atoms with van der Waals surface area (Å²) in [5.41, 5.74) is -2.53. The lowest BCUT2D eigenvalue weighted by atomic mass is 10.1. The van der Waals surface area contributed by atoms with Gasteiger partial charge in [-0.1, -0.05) is 11.6 Å². The Balaban J connectivity index is 1.89. The minimum atomic E-state index is -4.86. The van der Waals surface area contributed by atoms with E-state index in [1.165, 1.54) is 24.5 Å². The van der Waals surface area contributed by atoms with Crippen molar-refractivity contribution in [3.8, 4) is 0 Å². The number of benzene rings is 2. The fourth-order valence-electron chi connectivity index (χ4n) is 2.43. The van der Waals surface area contributed by atoms with Crippen LogP contribution in [0.1, 0.15) is 26.5 Å². The van der Waals surface area contributed by atoms with Gasteiger partial charge in [-0.05, 0) is 48.5 Å². The number of carbonyl (C=O) groups excluding carboxylic acids is 2. The highest BCUT2D eigenvalue weighted by Gasteiger charge is 2.34. The molecule has 0 saturated carbocycles. The van der Waals surface area contributed by atoms with Crippen LogP contribution in [0.3, 0.4) is 0 Å². The topological polar surface area (TPSA) is 71.3 Å². The maximum Gasteiger partial charge on any atom is 0.418 e. The molecular weight excluding hydrogens is 416 g/mol. The van der Waals surface area contributed by atoms with Crippen LogP contribution in [-0.2, 0) is 6.18 Å². The van der Waals surface area contributed by atoms with Crippen molar-refractivity contribution >= 4 is 34.8 Å². The number of anilines is 2. The number of alkyl halides is 3. The highest BCUT2D eigenvalue weighted by Crippen LogP contribution is 2.37. The van der Waals surface area contributed by atoms with E-state index in [4.69, 9.17) is 16.0 Å². The van der Waals surface area contributed by atoms with Gasteiger partial charge in [-0.2, -0.15) is 13.2 Å². The Bertz CT molecular complexity index is 1070. The number of rotatable bonds is 4. The first kappa shape index (κ1) is 20.4. The van der Waals surface area contributed by atoms with E-state index in [9.17, 15) is 27.2 Å². The second-order valence-electron chi connectivity index (χ2n) is 5.77. The number of hydrogen-bond acceptors (Lipinski definition) is 3. The number of hydrogen-bond donors (Lipinski definition) is 2. The summed E-state index contributed by atoms with van der Waals surface area (Å²) in [7, 11) is 0. The first-order valence-corrected chi connectivity index (χ1v) is 8.35. The molecule has 5 nitrogen and oxygen atoms in total. The Labute approximate surface area is 166 Å². The molecule has 0 fully saturated rings. The second kappa shape index (κ2) is 7.96. The first-order chi connectivity index (χ1) is 13.6. The van der Waals surface area contributed by atoms with Crippen molar-refractivity contribution in [3.63, 3.8) is 0 Å². The van der Waals surface area contributed by atoms with E-state index in [0.717, 1.165) is 24.3 Å². The third-order valence-electron chi connectivity index (χ3n) is 3.75. The predicted octanol–water partition coefficient (Wildman–Crippen LogP) is 5.60. The minimum Gasteiger partial charge on any atom is -0.459 e. The Kier molecular flexibility index (Phi) is 5.60. The van der Waals surface area contributed by atoms with Gasteiger partial charge in [0, 0.05) is 10.7 Å². The third kappa shape index (κ3) is 4.75. The standard InChI is InChI=1S/C19H11ClF4N2O3/c20-10-3-5-14(21)12(8-10)17(27)26-15-6-4-11(9-13(15)19(22,23)24)25-18(28)16-2-1-7-29-16/h1-9H,(H,25,28)(H,26,27). The van der Waals surface area contributed by atoms with Crippen LogP contribution in [0.5, 0.6) is 0 Å². The van der Waals surface area contributed by atoms with Gasteiger partial charge in [-0.25, -0.2) is 4.39 Å². The molecule has 3 aromatic rings. The lowest BCUT2D eigenvalue weighted by Crippen LogP contribution is -2.18. The van der Waals surface area contributed by atoms with Gasteiger partial charge in [-0.15, -0.1) is 0 Å². The summed E-state index contributed by atoms with van der Waals surface area (Å²) >= 11 is 5.70. The van der Waals surface area contributed by atoms with Gasteiger partial charge in [0.2, 0.25) is 0 Å². The molecule has 2 aromatic carbocycles. The quantitative estimate of drug-likeness (QED) is 0.534. The monoisotopic (exact) mass is 426 g/mol. The first-order valence-electron chi connectivity index (χ1n) is 7.97. The summed E-state index contributed by atoms with van der Waals surface area (Å²) in [6.45, 7) is 0. The van der Waals surface area contributed by atoms with E-state index in [2.05, 4.69) is 5.32 Å². The second-order valence-corrected chi connectivity index (χ2v) is 6.20. The Hall–Kier alpha value is -3.33. The van der Waals surface area contributed by atoms with Gasteiger partial charge in [-0.3, -0.25) is 9.59 Å². The smallest absolute Gasteiger partial charge is 0.418 e. The number of carbonyl (C=O) groups is 2. The van der Waals surface area contributed by atoms with Crippen molar-refractivity contribution in [1.29, 1.82) is 0 Å². The van der Waals surface area contributed by atoms with Crippen LogP contribution >= 0.6 is 11.6 Å². The Morgan fingerprint density at radius 3 is 2.38 bits per heavy atom. The molecule has 0 atom stereocenters. The molecule has 150 valence electrons. The van der Waals surface area contributed by atoms with Crippen molar-refractivity contribution < 1.29 is 31.6 Å². The molecule has 0 bridgehead atoms. The number of amides is 2. The van der Waals surface area contributed by atoms with Crippen LogP contribution < -0.4 is 10.6 Å². The summed E-state index contributed by atoms with van der Waals surface area (Å²) in [6, 6.07) is 8.65. The molecule has 0 aliphatic carbocycles. The SMILES string of the molecule is O=C(Nc1ccc(NC(=O)c2cc(Cl)ccc2F)c(C(F)(F)F)c1)c1ccco1. The van der Waals surface area contributed by atoms with E-state index in [1.54, 1.807) is 0 Å². The van der Waals surface area contributed by atoms with E-state index in [-0.39, 0.29) is 16.5 Å². The molecule has 0 aliphatic heterocycles. The maximum atomic E-state index is 13.8. The van der Waals surface area contributed by atoms with Crippen molar-refractivity contribution in [1.82, 2.24) is 0 Å².